The van der Waals surface area contributed by atoms with Crippen molar-refractivity contribution in [2.24, 2.45) is 10.2 Å². The molecule has 3 aromatic rings. The van der Waals surface area contributed by atoms with Crippen molar-refractivity contribution in [3.05, 3.63) is 52.6 Å². The van der Waals surface area contributed by atoms with Gasteiger partial charge in [0.25, 0.3) is 25.9 Å². The maximum Gasteiger partial charge on any atom is 0.296 e. The fourth-order valence-corrected chi connectivity index (χ4v) is 3.77. The molecular weight excluding hydrogens is 458 g/mol. The summed E-state index contributed by atoms with van der Waals surface area (Å²) < 4.78 is 64.8. The number of aromatic hydroxyl groups is 2. The predicted octanol–water partition coefficient (Wildman–Crippen LogP) is 3.07. The highest BCUT2D eigenvalue weighted by molar-refractivity contribution is 7.86. The number of phenols is 2. The van der Waals surface area contributed by atoms with Gasteiger partial charge in [0.15, 0.2) is 5.75 Å². The molecule has 4 N–H and O–H groups in total. The zero-order chi connectivity index (χ0) is 23.1. The van der Waals surface area contributed by atoms with Crippen LogP contribution in [-0.4, -0.2) is 41.1 Å². The van der Waals surface area contributed by atoms with Crippen LogP contribution in [-0.2, 0) is 20.2 Å². The molecule has 0 fully saturated rings. The average molecular weight is 469 g/mol. The van der Waals surface area contributed by atoms with Gasteiger partial charge in [-0.25, -0.2) is 0 Å². The molecular formula is C16H11N3O10S2. The Morgan fingerprint density at radius 3 is 2.13 bits per heavy atom. The van der Waals surface area contributed by atoms with Gasteiger partial charge in [0.1, 0.15) is 22.0 Å². The summed E-state index contributed by atoms with van der Waals surface area (Å²) in [6.07, 6.45) is 0. The van der Waals surface area contributed by atoms with Gasteiger partial charge < -0.3 is 10.2 Å². The minimum Gasteiger partial charge on any atom is -0.506 e. The summed E-state index contributed by atoms with van der Waals surface area (Å²) in [6, 6.07) is 6.38. The Bertz CT molecular complexity index is 1480. The molecule has 0 aliphatic rings. The van der Waals surface area contributed by atoms with Gasteiger partial charge in [-0.1, -0.05) is 0 Å². The molecule has 0 heterocycles. The summed E-state index contributed by atoms with van der Waals surface area (Å²) in [6.45, 7) is 0. The van der Waals surface area contributed by atoms with Crippen molar-refractivity contribution in [3.63, 3.8) is 0 Å². The van der Waals surface area contributed by atoms with E-state index in [0.29, 0.717) is 0 Å². The second-order valence-electron chi connectivity index (χ2n) is 6.04. The lowest BCUT2D eigenvalue weighted by Crippen LogP contribution is -2.00. The van der Waals surface area contributed by atoms with E-state index in [4.69, 9.17) is 4.55 Å². The van der Waals surface area contributed by atoms with Crippen LogP contribution < -0.4 is 0 Å². The highest BCUT2D eigenvalue weighted by Crippen LogP contribution is 2.42. The van der Waals surface area contributed by atoms with Crippen LogP contribution in [0.4, 0.5) is 17.1 Å². The molecule has 0 saturated heterocycles. The molecule has 0 aromatic heterocycles. The largest absolute Gasteiger partial charge is 0.506 e. The number of phenolic OH excluding ortho intramolecular Hbond substituents is 2. The quantitative estimate of drug-likeness (QED) is 0.185. The Hall–Kier alpha value is -3.66. The van der Waals surface area contributed by atoms with E-state index in [9.17, 15) is 41.7 Å². The van der Waals surface area contributed by atoms with Gasteiger partial charge in [-0.3, -0.25) is 19.2 Å². The van der Waals surface area contributed by atoms with Crippen LogP contribution in [0.1, 0.15) is 0 Å². The van der Waals surface area contributed by atoms with E-state index in [1.807, 2.05) is 0 Å². The lowest BCUT2D eigenvalue weighted by molar-refractivity contribution is -0.384. The van der Waals surface area contributed by atoms with Crippen molar-refractivity contribution in [2.45, 2.75) is 9.79 Å². The number of hydrogen-bond acceptors (Lipinski definition) is 10. The molecule has 0 aliphatic carbocycles. The predicted molar refractivity (Wildman–Crippen MR) is 104 cm³/mol. The maximum absolute atomic E-state index is 11.8. The van der Waals surface area contributed by atoms with E-state index < -0.39 is 63.5 Å². The highest BCUT2D eigenvalue weighted by Gasteiger charge is 2.23. The van der Waals surface area contributed by atoms with Crippen LogP contribution in [0, 0.1) is 10.1 Å². The third-order valence-electron chi connectivity index (χ3n) is 4.03. The molecule has 0 spiro atoms. The Labute approximate surface area is 173 Å². The van der Waals surface area contributed by atoms with E-state index in [0.717, 1.165) is 42.5 Å². The van der Waals surface area contributed by atoms with Gasteiger partial charge >= 0.3 is 0 Å². The van der Waals surface area contributed by atoms with Gasteiger partial charge in [-0.15, -0.1) is 10.2 Å². The molecule has 0 unspecified atom stereocenters. The van der Waals surface area contributed by atoms with Crippen molar-refractivity contribution >= 4 is 48.1 Å². The minimum atomic E-state index is -5.03. The summed E-state index contributed by atoms with van der Waals surface area (Å²) in [5, 5.41) is 37.8. The number of fused-ring (bicyclic) bond motifs is 1. The molecule has 3 aromatic carbocycles. The Morgan fingerprint density at radius 2 is 1.55 bits per heavy atom. The van der Waals surface area contributed by atoms with Gasteiger partial charge in [0, 0.05) is 17.5 Å². The van der Waals surface area contributed by atoms with Crippen LogP contribution in [0.25, 0.3) is 10.8 Å². The zero-order valence-corrected chi connectivity index (χ0v) is 16.6. The lowest BCUT2D eigenvalue weighted by Gasteiger charge is -2.09. The molecule has 0 bridgehead atoms. The van der Waals surface area contributed by atoms with Crippen LogP contribution in [0.15, 0.2) is 62.5 Å². The number of benzene rings is 3. The molecule has 15 heteroatoms. The number of nitro groups is 1. The van der Waals surface area contributed by atoms with Crippen molar-refractivity contribution in [1.82, 2.24) is 0 Å². The van der Waals surface area contributed by atoms with Gasteiger partial charge in [-0.05, 0) is 35.7 Å². The summed E-state index contributed by atoms with van der Waals surface area (Å²) in [7, 11) is -9.67. The minimum absolute atomic E-state index is 0.114. The van der Waals surface area contributed by atoms with Crippen LogP contribution in [0.5, 0.6) is 11.5 Å². The molecule has 13 nitrogen and oxygen atoms in total. The highest BCUT2D eigenvalue weighted by atomic mass is 32.2. The van der Waals surface area contributed by atoms with E-state index >= 15 is 0 Å². The van der Waals surface area contributed by atoms with Gasteiger partial charge in [0.05, 0.1) is 9.82 Å². The lowest BCUT2D eigenvalue weighted by atomic mass is 10.1. The fourth-order valence-electron chi connectivity index (χ4n) is 2.59. The first-order chi connectivity index (χ1) is 14.3. The summed E-state index contributed by atoms with van der Waals surface area (Å²) >= 11 is 0. The fraction of sp³-hybridized carbons (Fsp3) is 0. The first-order valence-corrected chi connectivity index (χ1v) is 10.8. The average Bonchev–Trinajstić information content (AvgIpc) is 2.66. The number of nitro benzene ring substituents is 1. The zero-order valence-electron chi connectivity index (χ0n) is 14.9. The third kappa shape index (κ3) is 4.43. The van der Waals surface area contributed by atoms with Gasteiger partial charge in [-0.2, -0.15) is 16.8 Å². The number of non-ortho nitro benzene ring substituents is 1. The second kappa shape index (κ2) is 7.55. The van der Waals surface area contributed by atoms with Crippen LogP contribution >= 0.6 is 0 Å². The molecule has 0 aliphatic heterocycles. The Balaban J connectivity index is 2.27. The summed E-state index contributed by atoms with van der Waals surface area (Å²) in [4.78, 5) is 8.51. The Kier molecular flexibility index (Phi) is 5.36. The standard InChI is InChI=1S/C16H11N3O10S2/c20-13-4-1-9(19(22)23)7-12(13)17-18-15-14(31(27,28)29)6-8-5-10(30(24,25)26)2-3-11(8)16(15)21/h1-7,20-21H,(H,24,25,26)(H,27,28,29). The molecule has 0 saturated carbocycles. The molecule has 31 heavy (non-hydrogen) atoms. The normalized spacial score (nSPS) is 12.5. The van der Waals surface area contributed by atoms with Crippen LogP contribution in [0.3, 0.4) is 0 Å². The topological polar surface area (TPSA) is 217 Å². The third-order valence-corrected chi connectivity index (χ3v) is 5.74. The number of nitrogens with zero attached hydrogens (tertiary/aromatic N) is 3. The van der Waals surface area contributed by atoms with E-state index in [1.165, 1.54) is 0 Å². The van der Waals surface area contributed by atoms with E-state index in [-0.39, 0.29) is 10.8 Å². The van der Waals surface area contributed by atoms with Gasteiger partial charge in [0.2, 0.25) is 0 Å². The molecule has 0 atom stereocenters. The monoisotopic (exact) mass is 469 g/mol. The Morgan fingerprint density at radius 1 is 0.871 bits per heavy atom. The van der Waals surface area contributed by atoms with Crippen molar-refractivity contribution < 1.29 is 41.1 Å². The first kappa shape index (κ1) is 22.0. The second-order valence-corrected chi connectivity index (χ2v) is 8.85. The van der Waals surface area contributed by atoms with E-state index in [2.05, 4.69) is 10.2 Å². The molecule has 0 radical (unpaired) electrons. The summed E-state index contributed by atoms with van der Waals surface area (Å²) in [5.74, 6) is -1.37. The van der Waals surface area contributed by atoms with Crippen molar-refractivity contribution in [3.8, 4) is 11.5 Å². The molecule has 162 valence electrons. The maximum atomic E-state index is 11.8. The smallest absolute Gasteiger partial charge is 0.296 e. The van der Waals surface area contributed by atoms with Crippen LogP contribution in [0.2, 0.25) is 0 Å². The van der Waals surface area contributed by atoms with Crippen molar-refractivity contribution in [1.29, 1.82) is 0 Å². The number of azo groups is 1. The number of rotatable bonds is 5. The molecule has 0 amide bonds. The molecule has 3 rings (SSSR count). The van der Waals surface area contributed by atoms with E-state index in [1.54, 1.807) is 0 Å². The summed E-state index contributed by atoms with van der Waals surface area (Å²) in [5.41, 5.74) is -1.67. The number of hydrogen-bond donors (Lipinski definition) is 4. The first-order valence-electron chi connectivity index (χ1n) is 7.93. The van der Waals surface area contributed by atoms with Crippen molar-refractivity contribution in [2.75, 3.05) is 0 Å². The SMILES string of the molecule is O=[N+]([O-])c1ccc(O)c(N=Nc2c(S(=O)(=O)O)cc3cc(S(=O)(=O)O)ccc3c2O)c1.